The van der Waals surface area contributed by atoms with Gasteiger partial charge in [-0.15, -0.1) is 0 Å². The van der Waals surface area contributed by atoms with E-state index in [1.165, 1.54) is 0 Å². The number of nitrogens with one attached hydrogen (secondary N) is 3. The van der Waals surface area contributed by atoms with Gasteiger partial charge in [0.2, 0.25) is 5.91 Å². The molecule has 0 aliphatic rings. The van der Waals surface area contributed by atoms with E-state index in [2.05, 4.69) is 22.5 Å². The second-order valence-electron chi connectivity index (χ2n) is 7.64. The number of anilines is 1. The predicted octanol–water partition coefficient (Wildman–Crippen LogP) is 4.60. The summed E-state index contributed by atoms with van der Waals surface area (Å²) in [5.41, 5.74) is 2.88. The van der Waals surface area contributed by atoms with Gasteiger partial charge in [-0.3, -0.25) is 4.79 Å². The summed E-state index contributed by atoms with van der Waals surface area (Å²) in [6.45, 7) is 3.02. The number of aromatic hydroxyl groups is 1. The molecule has 0 spiro atoms. The molecule has 0 bridgehead atoms. The average molecular weight is 410 g/mol. The fraction of sp³-hybridized carbons (Fsp3) is 0.375. The summed E-state index contributed by atoms with van der Waals surface area (Å²) in [5, 5.41) is 17.4. The van der Waals surface area contributed by atoms with Crippen molar-refractivity contribution in [1.82, 2.24) is 10.3 Å². The number of carbonyl (C=O) groups is 1. The number of hydrogen-bond acceptors (Lipinski definition) is 4. The molecule has 0 aliphatic heterocycles. The van der Waals surface area contributed by atoms with E-state index >= 15 is 0 Å². The van der Waals surface area contributed by atoms with Crippen molar-refractivity contribution < 1.29 is 14.6 Å². The van der Waals surface area contributed by atoms with Crippen LogP contribution in [-0.4, -0.2) is 35.7 Å². The Morgan fingerprint density at radius 3 is 2.73 bits per heavy atom. The molecule has 4 N–H and O–H groups in total. The van der Waals surface area contributed by atoms with Crippen molar-refractivity contribution in [1.29, 1.82) is 0 Å². The highest BCUT2D eigenvalue weighted by molar-refractivity contribution is 5.90. The molecule has 0 fully saturated rings. The molecule has 1 heterocycles. The summed E-state index contributed by atoms with van der Waals surface area (Å²) >= 11 is 0. The van der Waals surface area contributed by atoms with Gasteiger partial charge in [0, 0.05) is 35.2 Å². The molecule has 0 saturated heterocycles. The third kappa shape index (κ3) is 6.00. The molecule has 2 aromatic carbocycles. The topological polar surface area (TPSA) is 86.4 Å². The molecule has 6 heteroatoms. The first-order valence-corrected chi connectivity index (χ1v) is 10.5. The summed E-state index contributed by atoms with van der Waals surface area (Å²) in [6.07, 6.45) is 6.23. The van der Waals surface area contributed by atoms with Gasteiger partial charge in [-0.2, -0.15) is 0 Å². The lowest BCUT2D eigenvalue weighted by Crippen LogP contribution is -2.28. The molecular weight excluding hydrogens is 378 g/mol. The number of aromatic amines is 1. The lowest BCUT2D eigenvalue weighted by molar-refractivity contribution is -0.116. The van der Waals surface area contributed by atoms with Crippen LogP contribution in [0.1, 0.15) is 38.2 Å². The molecule has 30 heavy (non-hydrogen) atoms. The minimum absolute atomic E-state index is 0.0416. The summed E-state index contributed by atoms with van der Waals surface area (Å²) in [6, 6.07) is 13.3. The molecule has 3 rings (SSSR count). The van der Waals surface area contributed by atoms with Crippen LogP contribution >= 0.6 is 0 Å². The Morgan fingerprint density at radius 1 is 1.17 bits per heavy atom. The van der Waals surface area contributed by atoms with Crippen molar-refractivity contribution >= 4 is 22.5 Å². The molecule has 6 nitrogen and oxygen atoms in total. The normalized spacial score (nSPS) is 12.1. The van der Waals surface area contributed by atoms with Crippen LogP contribution in [-0.2, 0) is 11.2 Å². The van der Waals surface area contributed by atoms with Crippen LogP contribution in [0.5, 0.6) is 11.5 Å². The highest BCUT2D eigenvalue weighted by Gasteiger charge is 2.09. The SMILES string of the molecule is COc1ccc(NC(=O)CCCCC(C)NCCc2c[nH]c3cccc(O)c23)cc1. The number of carbonyl (C=O) groups excluding carboxylic acids is 1. The Bertz CT molecular complexity index is 950. The first-order valence-electron chi connectivity index (χ1n) is 10.5. The van der Waals surface area contributed by atoms with Crippen LogP contribution in [0.25, 0.3) is 10.9 Å². The highest BCUT2D eigenvalue weighted by Crippen LogP contribution is 2.27. The minimum atomic E-state index is 0.0416. The second kappa shape index (κ2) is 10.7. The van der Waals surface area contributed by atoms with E-state index in [9.17, 15) is 9.90 Å². The van der Waals surface area contributed by atoms with E-state index in [1.807, 2.05) is 42.6 Å². The Labute approximate surface area is 177 Å². The number of methoxy groups -OCH3 is 1. The first-order chi connectivity index (χ1) is 14.6. The smallest absolute Gasteiger partial charge is 0.224 e. The van der Waals surface area contributed by atoms with Crippen LogP contribution < -0.4 is 15.4 Å². The number of fused-ring (bicyclic) bond motifs is 1. The van der Waals surface area contributed by atoms with Crippen LogP contribution in [0.15, 0.2) is 48.7 Å². The lowest BCUT2D eigenvalue weighted by atomic mass is 10.1. The van der Waals surface area contributed by atoms with Gasteiger partial charge >= 0.3 is 0 Å². The number of aromatic nitrogens is 1. The molecule has 1 aromatic heterocycles. The van der Waals surface area contributed by atoms with E-state index in [4.69, 9.17) is 4.74 Å². The van der Waals surface area contributed by atoms with Crippen molar-refractivity contribution in [2.45, 2.75) is 45.1 Å². The number of benzene rings is 2. The number of phenolic OH excluding ortho intramolecular Hbond substituents is 1. The summed E-state index contributed by atoms with van der Waals surface area (Å²) in [5.74, 6) is 1.14. The van der Waals surface area contributed by atoms with Gasteiger partial charge < -0.3 is 25.5 Å². The van der Waals surface area contributed by atoms with Crippen LogP contribution in [0.2, 0.25) is 0 Å². The van der Waals surface area contributed by atoms with Crippen molar-refractivity contribution in [3.63, 3.8) is 0 Å². The molecule has 1 amide bonds. The third-order valence-electron chi connectivity index (χ3n) is 5.32. The average Bonchev–Trinajstić information content (AvgIpc) is 3.16. The molecule has 1 unspecified atom stereocenters. The van der Waals surface area contributed by atoms with Gasteiger partial charge in [0.1, 0.15) is 11.5 Å². The van der Waals surface area contributed by atoms with Crippen molar-refractivity contribution in [2.24, 2.45) is 0 Å². The van der Waals surface area contributed by atoms with E-state index in [1.54, 1.807) is 13.2 Å². The Hall–Kier alpha value is -2.99. The van der Waals surface area contributed by atoms with Crippen molar-refractivity contribution in [3.05, 3.63) is 54.2 Å². The predicted molar refractivity (Wildman–Crippen MR) is 121 cm³/mol. The summed E-state index contributed by atoms with van der Waals surface area (Å²) < 4.78 is 5.12. The number of phenols is 1. The number of amides is 1. The number of hydrogen-bond donors (Lipinski definition) is 4. The molecule has 1 atom stereocenters. The Morgan fingerprint density at radius 2 is 1.97 bits per heavy atom. The zero-order chi connectivity index (χ0) is 21.3. The monoisotopic (exact) mass is 409 g/mol. The maximum Gasteiger partial charge on any atom is 0.224 e. The zero-order valence-electron chi connectivity index (χ0n) is 17.7. The Kier molecular flexibility index (Phi) is 7.74. The van der Waals surface area contributed by atoms with E-state index < -0.39 is 0 Å². The van der Waals surface area contributed by atoms with Gasteiger partial charge in [0.05, 0.1) is 7.11 Å². The van der Waals surface area contributed by atoms with E-state index in [0.717, 1.165) is 60.1 Å². The van der Waals surface area contributed by atoms with Gasteiger partial charge in [0.15, 0.2) is 0 Å². The molecule has 0 aliphatic carbocycles. The van der Waals surface area contributed by atoms with Gasteiger partial charge in [-0.05, 0) is 74.7 Å². The molecular formula is C24H31N3O3. The number of unbranched alkanes of at least 4 members (excludes halogenated alkanes) is 1. The van der Waals surface area contributed by atoms with E-state index in [0.29, 0.717) is 18.2 Å². The molecule has 0 radical (unpaired) electrons. The van der Waals surface area contributed by atoms with Gasteiger partial charge in [0.25, 0.3) is 0 Å². The maximum atomic E-state index is 12.1. The number of H-pyrrole nitrogens is 1. The lowest BCUT2D eigenvalue weighted by Gasteiger charge is -2.13. The fourth-order valence-corrected chi connectivity index (χ4v) is 3.62. The maximum absolute atomic E-state index is 12.1. The largest absolute Gasteiger partial charge is 0.507 e. The zero-order valence-corrected chi connectivity index (χ0v) is 17.7. The van der Waals surface area contributed by atoms with E-state index in [-0.39, 0.29) is 5.91 Å². The minimum Gasteiger partial charge on any atom is -0.507 e. The molecule has 160 valence electrons. The van der Waals surface area contributed by atoms with Crippen LogP contribution in [0, 0.1) is 0 Å². The second-order valence-corrected chi connectivity index (χ2v) is 7.64. The fourth-order valence-electron chi connectivity index (χ4n) is 3.62. The quantitative estimate of drug-likeness (QED) is 0.349. The first kappa shape index (κ1) is 21.7. The Balaban J connectivity index is 1.31. The number of ether oxygens (including phenoxy) is 1. The summed E-state index contributed by atoms with van der Waals surface area (Å²) in [4.78, 5) is 15.3. The van der Waals surface area contributed by atoms with Crippen molar-refractivity contribution in [2.75, 3.05) is 19.0 Å². The molecule has 3 aromatic rings. The van der Waals surface area contributed by atoms with Gasteiger partial charge in [-0.1, -0.05) is 12.5 Å². The van der Waals surface area contributed by atoms with Gasteiger partial charge in [-0.25, -0.2) is 0 Å². The standard InChI is InChI=1S/C24H31N3O3/c1-17(25-15-14-18-16-26-21-7-5-8-22(28)24(18)21)6-3-4-9-23(29)27-19-10-12-20(30-2)13-11-19/h5,7-8,10-13,16-17,25-26,28H,3-4,6,9,14-15H2,1-2H3,(H,27,29). The van der Waals surface area contributed by atoms with Crippen LogP contribution in [0.3, 0.4) is 0 Å². The highest BCUT2D eigenvalue weighted by atomic mass is 16.5. The molecule has 0 saturated carbocycles. The summed E-state index contributed by atoms with van der Waals surface area (Å²) in [7, 11) is 1.62. The van der Waals surface area contributed by atoms with Crippen molar-refractivity contribution in [3.8, 4) is 11.5 Å². The van der Waals surface area contributed by atoms with Crippen LogP contribution in [0.4, 0.5) is 5.69 Å². The number of rotatable bonds is 11. The third-order valence-corrected chi connectivity index (χ3v) is 5.32.